The third kappa shape index (κ3) is 3.86. The van der Waals surface area contributed by atoms with Crippen LogP contribution in [0.4, 0.5) is 5.69 Å². The highest BCUT2D eigenvalue weighted by atomic mass is 32.2. The lowest BCUT2D eigenvalue weighted by molar-refractivity contribution is -0.118. The predicted molar refractivity (Wildman–Crippen MR) is 98.8 cm³/mol. The van der Waals surface area contributed by atoms with E-state index in [0.29, 0.717) is 5.75 Å². The van der Waals surface area contributed by atoms with E-state index in [4.69, 9.17) is 4.74 Å². The summed E-state index contributed by atoms with van der Waals surface area (Å²) in [5.74, 6) is 0.417. The van der Waals surface area contributed by atoms with E-state index in [-0.39, 0.29) is 12.5 Å². The average molecular weight is 338 g/mol. The zero-order valence-corrected chi connectivity index (χ0v) is 14.4. The first-order valence-corrected chi connectivity index (χ1v) is 8.81. The van der Waals surface area contributed by atoms with E-state index < -0.39 is 0 Å². The maximum Gasteiger partial charge on any atom is 0.262 e. The molecular weight excluding hydrogens is 320 g/mol. The third-order valence-corrected chi connectivity index (χ3v) is 4.30. The van der Waals surface area contributed by atoms with Crippen LogP contribution in [-0.2, 0) is 4.79 Å². The zero-order valence-electron chi connectivity index (χ0n) is 13.6. The number of benzene rings is 2. The van der Waals surface area contributed by atoms with Gasteiger partial charge in [-0.25, -0.2) is 4.98 Å². The summed E-state index contributed by atoms with van der Waals surface area (Å²) in [7, 11) is 0. The fraction of sp³-hybridized carbons (Fsp3) is 0.158. The van der Waals surface area contributed by atoms with Crippen LogP contribution in [0.3, 0.4) is 0 Å². The molecular formula is C19H18N2O2S. The quantitative estimate of drug-likeness (QED) is 0.705. The van der Waals surface area contributed by atoms with Gasteiger partial charge in [0.05, 0.1) is 0 Å². The van der Waals surface area contributed by atoms with Crippen molar-refractivity contribution in [1.82, 2.24) is 4.98 Å². The van der Waals surface area contributed by atoms with Gasteiger partial charge in [0.1, 0.15) is 11.3 Å². The number of nitrogens with one attached hydrogen (secondary N) is 1. The molecule has 0 fully saturated rings. The number of ether oxygens (including phenoxy) is 1. The second-order valence-electron chi connectivity index (χ2n) is 5.35. The smallest absolute Gasteiger partial charge is 0.262 e. The van der Waals surface area contributed by atoms with Crippen molar-refractivity contribution in [2.45, 2.75) is 11.8 Å². The summed E-state index contributed by atoms with van der Waals surface area (Å²) >= 11 is 1.66. The monoisotopic (exact) mass is 338 g/mol. The van der Waals surface area contributed by atoms with Gasteiger partial charge in [0, 0.05) is 21.7 Å². The predicted octanol–water partition coefficient (Wildman–Crippen LogP) is 4.28. The topological polar surface area (TPSA) is 51.2 Å². The molecule has 2 aromatic carbocycles. The third-order valence-electron chi connectivity index (χ3n) is 3.56. The fourth-order valence-corrected chi connectivity index (χ4v) is 2.76. The first-order valence-electron chi connectivity index (χ1n) is 7.59. The van der Waals surface area contributed by atoms with Crippen molar-refractivity contribution in [3.8, 4) is 5.75 Å². The zero-order chi connectivity index (χ0) is 16.9. The normalized spacial score (nSPS) is 10.6. The van der Waals surface area contributed by atoms with E-state index in [9.17, 15) is 4.79 Å². The van der Waals surface area contributed by atoms with Crippen molar-refractivity contribution in [2.75, 3.05) is 18.2 Å². The number of carbonyl (C=O) groups excluding carboxylic acids is 1. The standard InChI is InChI=1S/C19H18N2O2S/c1-13-6-7-14-4-3-5-17(19(14)20-13)23-12-18(22)21-15-8-10-16(24-2)11-9-15/h3-11H,12H2,1-2H3,(H,21,22). The highest BCUT2D eigenvalue weighted by Gasteiger charge is 2.08. The molecule has 0 spiro atoms. The molecule has 122 valence electrons. The Morgan fingerprint density at radius 1 is 1.12 bits per heavy atom. The molecule has 3 aromatic rings. The number of pyridine rings is 1. The lowest BCUT2D eigenvalue weighted by atomic mass is 10.2. The summed E-state index contributed by atoms with van der Waals surface area (Å²) in [6.07, 6.45) is 2.02. The van der Waals surface area contributed by atoms with Crippen LogP contribution in [0.25, 0.3) is 10.9 Å². The molecule has 24 heavy (non-hydrogen) atoms. The molecule has 0 unspecified atom stereocenters. The molecule has 0 radical (unpaired) electrons. The summed E-state index contributed by atoms with van der Waals surface area (Å²) in [6, 6.07) is 17.4. The lowest BCUT2D eigenvalue weighted by Crippen LogP contribution is -2.20. The molecule has 0 aliphatic rings. The van der Waals surface area contributed by atoms with Crippen LogP contribution in [0.15, 0.2) is 59.5 Å². The number of amides is 1. The van der Waals surface area contributed by atoms with E-state index >= 15 is 0 Å². The van der Waals surface area contributed by atoms with Crippen molar-refractivity contribution in [3.05, 3.63) is 60.3 Å². The molecule has 1 aromatic heterocycles. The number of carbonyl (C=O) groups is 1. The van der Waals surface area contributed by atoms with Crippen molar-refractivity contribution >= 4 is 34.3 Å². The first-order chi connectivity index (χ1) is 11.7. The number of para-hydroxylation sites is 1. The summed E-state index contributed by atoms with van der Waals surface area (Å²) < 4.78 is 5.67. The Kier molecular flexibility index (Phi) is 5.01. The summed E-state index contributed by atoms with van der Waals surface area (Å²) in [5.41, 5.74) is 2.44. The lowest BCUT2D eigenvalue weighted by Gasteiger charge is -2.10. The van der Waals surface area contributed by atoms with Crippen molar-refractivity contribution in [2.24, 2.45) is 0 Å². The summed E-state index contributed by atoms with van der Waals surface area (Å²) in [5, 5.41) is 3.82. The maximum absolute atomic E-state index is 12.1. The second kappa shape index (κ2) is 7.36. The van der Waals surface area contributed by atoms with Gasteiger partial charge in [0.25, 0.3) is 5.91 Å². The van der Waals surface area contributed by atoms with Gasteiger partial charge in [-0.2, -0.15) is 0 Å². The van der Waals surface area contributed by atoms with Crippen LogP contribution < -0.4 is 10.1 Å². The number of aromatic nitrogens is 1. The van der Waals surface area contributed by atoms with Gasteiger partial charge in [-0.3, -0.25) is 4.79 Å². The Hall–Kier alpha value is -2.53. The Labute approximate surface area is 145 Å². The van der Waals surface area contributed by atoms with Crippen LogP contribution in [0.1, 0.15) is 5.69 Å². The molecule has 1 heterocycles. The molecule has 0 aliphatic heterocycles. The van der Waals surface area contributed by atoms with Gasteiger partial charge in [-0.1, -0.05) is 18.2 Å². The number of hydrogen-bond acceptors (Lipinski definition) is 4. The molecule has 1 amide bonds. The van der Waals surface area contributed by atoms with Crippen LogP contribution in [0.5, 0.6) is 5.75 Å². The minimum absolute atomic E-state index is 0.0565. The molecule has 0 atom stereocenters. The van der Waals surface area contributed by atoms with E-state index in [2.05, 4.69) is 10.3 Å². The molecule has 4 nitrogen and oxygen atoms in total. The highest BCUT2D eigenvalue weighted by Crippen LogP contribution is 2.24. The van der Waals surface area contributed by atoms with E-state index in [0.717, 1.165) is 27.2 Å². The van der Waals surface area contributed by atoms with E-state index in [1.54, 1.807) is 11.8 Å². The molecule has 5 heteroatoms. The van der Waals surface area contributed by atoms with Gasteiger partial charge in [-0.05, 0) is 49.6 Å². The fourth-order valence-electron chi connectivity index (χ4n) is 2.35. The number of aryl methyl sites for hydroxylation is 1. The molecule has 0 saturated heterocycles. The minimum Gasteiger partial charge on any atom is -0.481 e. The SMILES string of the molecule is CSc1ccc(NC(=O)COc2cccc3ccc(C)nc23)cc1. The number of rotatable bonds is 5. The van der Waals surface area contributed by atoms with Crippen LogP contribution in [0.2, 0.25) is 0 Å². The van der Waals surface area contributed by atoms with Gasteiger partial charge in [0.2, 0.25) is 0 Å². The number of hydrogen-bond donors (Lipinski definition) is 1. The van der Waals surface area contributed by atoms with Crippen LogP contribution in [0, 0.1) is 6.92 Å². The summed E-state index contributed by atoms with van der Waals surface area (Å²) in [4.78, 5) is 17.7. The van der Waals surface area contributed by atoms with E-state index in [1.165, 1.54) is 0 Å². The number of fused-ring (bicyclic) bond motifs is 1. The molecule has 0 bridgehead atoms. The van der Waals surface area contributed by atoms with Crippen molar-refractivity contribution < 1.29 is 9.53 Å². The Morgan fingerprint density at radius 3 is 2.67 bits per heavy atom. The van der Waals surface area contributed by atoms with Crippen molar-refractivity contribution in [3.63, 3.8) is 0 Å². The van der Waals surface area contributed by atoms with Crippen molar-refractivity contribution in [1.29, 1.82) is 0 Å². The maximum atomic E-state index is 12.1. The Balaban J connectivity index is 1.66. The number of nitrogens with zero attached hydrogens (tertiary/aromatic N) is 1. The Bertz CT molecular complexity index is 863. The minimum atomic E-state index is -0.198. The van der Waals surface area contributed by atoms with Crippen LogP contribution >= 0.6 is 11.8 Å². The molecule has 0 saturated carbocycles. The second-order valence-corrected chi connectivity index (χ2v) is 6.23. The first kappa shape index (κ1) is 16.3. The molecule has 0 aliphatic carbocycles. The van der Waals surface area contributed by atoms with Gasteiger partial charge < -0.3 is 10.1 Å². The average Bonchev–Trinajstić information content (AvgIpc) is 2.60. The highest BCUT2D eigenvalue weighted by molar-refractivity contribution is 7.98. The van der Waals surface area contributed by atoms with Gasteiger partial charge in [-0.15, -0.1) is 11.8 Å². The number of anilines is 1. The van der Waals surface area contributed by atoms with E-state index in [1.807, 2.05) is 67.8 Å². The molecule has 1 N–H and O–H groups in total. The van der Waals surface area contributed by atoms with Gasteiger partial charge >= 0.3 is 0 Å². The Morgan fingerprint density at radius 2 is 1.92 bits per heavy atom. The van der Waals surface area contributed by atoms with Gasteiger partial charge in [0.15, 0.2) is 6.61 Å². The van der Waals surface area contributed by atoms with Crippen LogP contribution in [-0.4, -0.2) is 23.8 Å². The number of thioether (sulfide) groups is 1. The largest absolute Gasteiger partial charge is 0.481 e. The summed E-state index contributed by atoms with van der Waals surface area (Å²) in [6.45, 7) is 1.88. The molecule has 3 rings (SSSR count).